The molecule has 0 aromatic carbocycles. The minimum Gasteiger partial charge on any atom is -0.348 e. The number of halogens is 1. The van der Waals surface area contributed by atoms with E-state index in [1.807, 2.05) is 30.2 Å². The Bertz CT molecular complexity index is 764. The highest BCUT2D eigenvalue weighted by Crippen LogP contribution is 2.32. The summed E-state index contributed by atoms with van der Waals surface area (Å²) in [6.07, 6.45) is 1.58. The summed E-state index contributed by atoms with van der Waals surface area (Å²) >= 11 is 6.51. The van der Waals surface area contributed by atoms with Gasteiger partial charge in [-0.2, -0.15) is 0 Å². The lowest BCUT2D eigenvalue weighted by molar-refractivity contribution is -0.135. The van der Waals surface area contributed by atoms with Crippen LogP contribution in [0.2, 0.25) is 0 Å². The van der Waals surface area contributed by atoms with Gasteiger partial charge in [0.25, 0.3) is 5.91 Å². The van der Waals surface area contributed by atoms with Crippen molar-refractivity contribution in [1.29, 1.82) is 0 Å². The molecule has 0 spiro atoms. The molecule has 25 heavy (non-hydrogen) atoms. The molecular formula is C17H20BrN3O2S2. The summed E-state index contributed by atoms with van der Waals surface area (Å²) in [5.41, 5.74) is 0.463. The smallest absolute Gasteiger partial charge is 0.270 e. The van der Waals surface area contributed by atoms with Crippen LogP contribution in [0.4, 0.5) is 0 Å². The Labute approximate surface area is 163 Å². The molecular weight excluding hydrogens is 422 g/mol. The van der Waals surface area contributed by atoms with Crippen molar-refractivity contribution in [3.8, 4) is 9.88 Å². The number of nitrogens with zero attached hydrogens (tertiary/aromatic N) is 2. The fourth-order valence-electron chi connectivity index (χ4n) is 2.79. The Hall–Kier alpha value is -1.25. The van der Waals surface area contributed by atoms with Crippen LogP contribution in [-0.4, -0.2) is 40.8 Å². The Morgan fingerprint density at radius 1 is 1.28 bits per heavy atom. The second-order valence-corrected chi connectivity index (χ2v) is 9.08. The number of hydrogen-bond donors (Lipinski definition) is 1. The van der Waals surface area contributed by atoms with E-state index in [1.54, 1.807) is 16.7 Å². The molecule has 0 radical (unpaired) electrons. The minimum atomic E-state index is -0.133. The minimum absolute atomic E-state index is 0.0249. The molecule has 2 amide bonds. The molecule has 0 unspecified atom stereocenters. The largest absolute Gasteiger partial charge is 0.348 e. The standard InChI is InChI=1S/C17H20BrN3O2S2/c1-10(2)17(23)21-5-3-12(4-6-21)19-15(22)13-9-25-16(20-13)14-7-11(18)8-24-14/h7-10,12H,3-6H2,1-2H3,(H,19,22). The number of rotatable bonds is 4. The van der Waals surface area contributed by atoms with Crippen molar-refractivity contribution in [3.05, 3.63) is 27.0 Å². The molecule has 3 heterocycles. The molecule has 8 heteroatoms. The van der Waals surface area contributed by atoms with Gasteiger partial charge in [-0.1, -0.05) is 13.8 Å². The SMILES string of the molecule is CC(C)C(=O)N1CCC(NC(=O)c2csc(-c3cc(Br)cs3)n2)CC1. The van der Waals surface area contributed by atoms with Crippen molar-refractivity contribution in [2.75, 3.05) is 13.1 Å². The van der Waals surface area contributed by atoms with Gasteiger partial charge in [0.1, 0.15) is 10.7 Å². The van der Waals surface area contributed by atoms with Gasteiger partial charge in [-0.05, 0) is 34.8 Å². The molecule has 2 aromatic heterocycles. The second kappa shape index (κ2) is 7.97. The number of amides is 2. The molecule has 1 aliphatic heterocycles. The number of piperidine rings is 1. The van der Waals surface area contributed by atoms with Gasteiger partial charge < -0.3 is 10.2 Å². The quantitative estimate of drug-likeness (QED) is 0.779. The Morgan fingerprint density at radius 2 is 2.00 bits per heavy atom. The molecule has 0 atom stereocenters. The third-order valence-electron chi connectivity index (χ3n) is 4.15. The van der Waals surface area contributed by atoms with E-state index in [-0.39, 0.29) is 23.8 Å². The van der Waals surface area contributed by atoms with Gasteiger partial charge in [0.05, 0.1) is 4.88 Å². The van der Waals surface area contributed by atoms with Crippen LogP contribution in [0.3, 0.4) is 0 Å². The third-order valence-corrected chi connectivity index (χ3v) is 6.85. The molecule has 0 saturated carbocycles. The average Bonchev–Trinajstić information content (AvgIpc) is 3.23. The van der Waals surface area contributed by atoms with Crippen molar-refractivity contribution in [3.63, 3.8) is 0 Å². The molecule has 0 bridgehead atoms. The second-order valence-electron chi connectivity index (χ2n) is 6.39. The van der Waals surface area contributed by atoms with Crippen molar-refractivity contribution in [2.24, 2.45) is 5.92 Å². The summed E-state index contributed by atoms with van der Waals surface area (Å²) in [7, 11) is 0. The number of carbonyl (C=O) groups is 2. The fourth-order valence-corrected chi connectivity index (χ4v) is 5.09. The topological polar surface area (TPSA) is 62.3 Å². The molecule has 3 rings (SSSR count). The zero-order chi connectivity index (χ0) is 18.0. The predicted molar refractivity (Wildman–Crippen MR) is 105 cm³/mol. The maximum absolute atomic E-state index is 12.4. The van der Waals surface area contributed by atoms with Gasteiger partial charge in [0, 0.05) is 40.3 Å². The van der Waals surface area contributed by atoms with E-state index >= 15 is 0 Å². The van der Waals surface area contributed by atoms with E-state index in [0.29, 0.717) is 18.8 Å². The van der Waals surface area contributed by atoms with E-state index in [9.17, 15) is 9.59 Å². The van der Waals surface area contributed by atoms with Gasteiger partial charge in [-0.15, -0.1) is 22.7 Å². The maximum Gasteiger partial charge on any atom is 0.270 e. The van der Waals surface area contributed by atoms with Crippen LogP contribution in [-0.2, 0) is 4.79 Å². The normalized spacial score (nSPS) is 15.6. The summed E-state index contributed by atoms with van der Waals surface area (Å²) in [5.74, 6) is 0.0830. The van der Waals surface area contributed by atoms with Crippen molar-refractivity contribution >= 4 is 50.4 Å². The van der Waals surface area contributed by atoms with Gasteiger partial charge in [-0.25, -0.2) is 4.98 Å². The van der Waals surface area contributed by atoms with Gasteiger partial charge in [0.2, 0.25) is 5.91 Å². The zero-order valence-corrected chi connectivity index (χ0v) is 17.3. The zero-order valence-electron chi connectivity index (χ0n) is 14.1. The lowest BCUT2D eigenvalue weighted by Crippen LogP contribution is -2.47. The summed E-state index contributed by atoms with van der Waals surface area (Å²) in [6, 6.07) is 2.11. The van der Waals surface area contributed by atoms with E-state index in [0.717, 1.165) is 27.2 Å². The van der Waals surface area contributed by atoms with Crippen LogP contribution < -0.4 is 5.32 Å². The first-order chi connectivity index (χ1) is 11.9. The summed E-state index contributed by atoms with van der Waals surface area (Å²) in [4.78, 5) is 31.8. The maximum atomic E-state index is 12.4. The van der Waals surface area contributed by atoms with E-state index in [4.69, 9.17) is 0 Å². The molecule has 0 aliphatic carbocycles. The molecule has 1 saturated heterocycles. The molecule has 1 fully saturated rings. The van der Waals surface area contributed by atoms with Crippen LogP contribution in [0.1, 0.15) is 37.2 Å². The number of likely N-dealkylation sites (tertiary alicyclic amines) is 1. The van der Waals surface area contributed by atoms with Crippen LogP contribution >= 0.6 is 38.6 Å². The lowest BCUT2D eigenvalue weighted by atomic mass is 10.0. The van der Waals surface area contributed by atoms with Gasteiger partial charge >= 0.3 is 0 Å². The van der Waals surface area contributed by atoms with Crippen molar-refractivity contribution in [1.82, 2.24) is 15.2 Å². The Morgan fingerprint density at radius 3 is 2.60 bits per heavy atom. The molecule has 134 valence electrons. The Balaban J connectivity index is 1.55. The Kier molecular flexibility index (Phi) is 5.91. The summed E-state index contributed by atoms with van der Waals surface area (Å²) < 4.78 is 1.02. The molecule has 2 aromatic rings. The number of thiophene rings is 1. The third kappa shape index (κ3) is 4.48. The van der Waals surface area contributed by atoms with Crippen LogP contribution in [0, 0.1) is 5.92 Å². The first-order valence-corrected chi connectivity index (χ1v) is 10.8. The number of aromatic nitrogens is 1. The molecule has 5 nitrogen and oxygen atoms in total. The summed E-state index contributed by atoms with van der Waals surface area (Å²) in [6.45, 7) is 5.24. The van der Waals surface area contributed by atoms with E-state index in [1.165, 1.54) is 11.3 Å². The summed E-state index contributed by atoms with van der Waals surface area (Å²) in [5, 5.41) is 7.72. The van der Waals surface area contributed by atoms with E-state index < -0.39 is 0 Å². The number of carbonyl (C=O) groups excluding carboxylic acids is 2. The first-order valence-electron chi connectivity index (χ1n) is 8.23. The highest BCUT2D eigenvalue weighted by Gasteiger charge is 2.26. The number of thiazole rings is 1. The van der Waals surface area contributed by atoms with Crippen LogP contribution in [0.15, 0.2) is 21.3 Å². The number of nitrogens with one attached hydrogen (secondary N) is 1. The molecule has 1 aliphatic rings. The highest BCUT2D eigenvalue weighted by molar-refractivity contribution is 9.10. The van der Waals surface area contributed by atoms with E-state index in [2.05, 4.69) is 26.2 Å². The fraction of sp³-hybridized carbons (Fsp3) is 0.471. The van der Waals surface area contributed by atoms with Gasteiger partial charge in [0.15, 0.2) is 0 Å². The van der Waals surface area contributed by atoms with Crippen LogP contribution in [0.25, 0.3) is 9.88 Å². The average molecular weight is 442 g/mol. The van der Waals surface area contributed by atoms with Crippen LogP contribution in [0.5, 0.6) is 0 Å². The molecule has 1 N–H and O–H groups in total. The highest BCUT2D eigenvalue weighted by atomic mass is 79.9. The number of hydrogen-bond acceptors (Lipinski definition) is 5. The lowest BCUT2D eigenvalue weighted by Gasteiger charge is -2.33. The predicted octanol–water partition coefficient (Wildman–Crippen LogP) is 4.01. The van der Waals surface area contributed by atoms with Gasteiger partial charge in [-0.3, -0.25) is 9.59 Å². The van der Waals surface area contributed by atoms with Crippen molar-refractivity contribution in [2.45, 2.75) is 32.7 Å². The monoisotopic (exact) mass is 441 g/mol. The van der Waals surface area contributed by atoms with Crippen molar-refractivity contribution < 1.29 is 9.59 Å². The first kappa shape index (κ1) is 18.5.